The molecule has 0 atom stereocenters. The van der Waals surface area contributed by atoms with E-state index in [0.29, 0.717) is 5.41 Å². The Bertz CT molecular complexity index is 262. The molecule has 1 aliphatic carbocycles. The zero-order chi connectivity index (χ0) is 10.1. The van der Waals surface area contributed by atoms with Crippen LogP contribution in [0.5, 0.6) is 0 Å². The molecule has 4 nitrogen and oxygen atoms in total. The van der Waals surface area contributed by atoms with Crippen molar-refractivity contribution >= 4 is 10.2 Å². The van der Waals surface area contributed by atoms with Crippen molar-refractivity contribution in [3.63, 3.8) is 0 Å². The van der Waals surface area contributed by atoms with Gasteiger partial charge in [-0.05, 0) is 31.1 Å². The topological polar surface area (TPSA) is 72.2 Å². The van der Waals surface area contributed by atoms with Gasteiger partial charge >= 0.3 is 0 Å². The van der Waals surface area contributed by atoms with Gasteiger partial charge in [0.05, 0.1) is 0 Å². The molecule has 0 bridgehead atoms. The molecule has 0 spiro atoms. The lowest BCUT2D eigenvalue weighted by Crippen LogP contribution is -2.42. The summed E-state index contributed by atoms with van der Waals surface area (Å²) in [5.41, 5.74) is 0.358. The predicted octanol–water partition coefficient (Wildman–Crippen LogP) is 0.748. The summed E-state index contributed by atoms with van der Waals surface area (Å²) >= 11 is 0. The fourth-order valence-electron chi connectivity index (χ4n) is 1.75. The molecule has 0 aliphatic heterocycles. The summed E-state index contributed by atoms with van der Waals surface area (Å²) in [7, 11) is -3.51. The first-order chi connectivity index (χ1) is 5.79. The molecule has 0 aromatic carbocycles. The monoisotopic (exact) mass is 206 g/mol. The van der Waals surface area contributed by atoms with Crippen molar-refractivity contribution in [1.29, 1.82) is 0 Å². The highest BCUT2D eigenvalue weighted by Crippen LogP contribution is 2.34. The quantitative estimate of drug-likeness (QED) is 0.699. The van der Waals surface area contributed by atoms with Crippen molar-refractivity contribution in [2.45, 2.75) is 45.6 Å². The molecule has 13 heavy (non-hydrogen) atoms. The van der Waals surface area contributed by atoms with Crippen LogP contribution in [0.15, 0.2) is 0 Å². The van der Waals surface area contributed by atoms with Crippen LogP contribution in [-0.2, 0) is 10.2 Å². The van der Waals surface area contributed by atoms with Crippen molar-refractivity contribution in [3.8, 4) is 0 Å². The Morgan fingerprint density at radius 1 is 1.31 bits per heavy atom. The highest BCUT2D eigenvalue weighted by Gasteiger charge is 2.27. The second-order valence-corrected chi connectivity index (χ2v) is 5.93. The van der Waals surface area contributed by atoms with Crippen molar-refractivity contribution < 1.29 is 8.42 Å². The van der Waals surface area contributed by atoms with E-state index in [1.54, 1.807) is 0 Å². The summed E-state index contributed by atoms with van der Waals surface area (Å²) in [6.45, 7) is 4.42. The molecule has 0 heterocycles. The van der Waals surface area contributed by atoms with E-state index in [1.165, 1.54) is 0 Å². The lowest BCUT2D eigenvalue weighted by Gasteiger charge is -2.34. The van der Waals surface area contributed by atoms with E-state index in [4.69, 9.17) is 5.14 Å². The maximum atomic E-state index is 10.7. The molecule has 1 aliphatic rings. The van der Waals surface area contributed by atoms with E-state index in [-0.39, 0.29) is 6.04 Å². The highest BCUT2D eigenvalue weighted by molar-refractivity contribution is 7.87. The van der Waals surface area contributed by atoms with E-state index in [9.17, 15) is 8.42 Å². The van der Waals surface area contributed by atoms with Crippen LogP contribution < -0.4 is 9.86 Å². The molecule has 0 unspecified atom stereocenters. The summed E-state index contributed by atoms with van der Waals surface area (Å²) in [5, 5.41) is 4.90. The average Bonchev–Trinajstić information content (AvgIpc) is 1.91. The highest BCUT2D eigenvalue weighted by atomic mass is 32.2. The van der Waals surface area contributed by atoms with Crippen LogP contribution in [0.4, 0.5) is 0 Å². The fraction of sp³-hybridized carbons (Fsp3) is 1.00. The molecule has 1 saturated carbocycles. The first-order valence-corrected chi connectivity index (χ1v) is 6.13. The van der Waals surface area contributed by atoms with Gasteiger partial charge in [0.25, 0.3) is 10.2 Å². The van der Waals surface area contributed by atoms with Crippen LogP contribution in [0.1, 0.15) is 39.5 Å². The first kappa shape index (κ1) is 10.9. The summed E-state index contributed by atoms with van der Waals surface area (Å²) in [4.78, 5) is 0. The minimum absolute atomic E-state index is 0.0445. The van der Waals surface area contributed by atoms with Gasteiger partial charge in [0, 0.05) is 6.04 Å². The largest absolute Gasteiger partial charge is 0.274 e. The molecule has 1 fully saturated rings. The van der Waals surface area contributed by atoms with Crippen molar-refractivity contribution in [1.82, 2.24) is 4.72 Å². The molecule has 5 heteroatoms. The zero-order valence-electron chi connectivity index (χ0n) is 8.21. The second-order valence-electron chi connectivity index (χ2n) is 4.60. The van der Waals surface area contributed by atoms with Gasteiger partial charge in [-0.15, -0.1) is 0 Å². The van der Waals surface area contributed by atoms with E-state index in [1.807, 2.05) is 0 Å². The molecular formula is C8H18N2O2S. The van der Waals surface area contributed by atoms with Gasteiger partial charge in [0.1, 0.15) is 0 Å². The SMILES string of the molecule is CC1(C)CCC(NS(N)(=O)=O)CC1. The second kappa shape index (κ2) is 3.55. The van der Waals surface area contributed by atoms with E-state index < -0.39 is 10.2 Å². The van der Waals surface area contributed by atoms with Crippen LogP contribution in [0.25, 0.3) is 0 Å². The van der Waals surface area contributed by atoms with Gasteiger partial charge in [-0.1, -0.05) is 13.8 Å². The van der Waals surface area contributed by atoms with Crippen LogP contribution in [0.2, 0.25) is 0 Å². The standard InChI is InChI=1S/C8H18N2O2S/c1-8(2)5-3-7(4-6-8)10-13(9,11)12/h7,10H,3-6H2,1-2H3,(H2,9,11,12). The predicted molar refractivity (Wildman–Crippen MR) is 52.3 cm³/mol. The third-order valence-electron chi connectivity index (χ3n) is 2.67. The number of nitrogens with two attached hydrogens (primary N) is 1. The van der Waals surface area contributed by atoms with Gasteiger partial charge in [0.2, 0.25) is 0 Å². The number of hydrogen-bond acceptors (Lipinski definition) is 2. The fourth-order valence-corrected chi connectivity index (χ4v) is 2.45. The molecule has 3 N–H and O–H groups in total. The number of nitrogens with one attached hydrogen (secondary N) is 1. The van der Waals surface area contributed by atoms with E-state index >= 15 is 0 Å². The third-order valence-corrected chi connectivity index (χ3v) is 3.33. The lowest BCUT2D eigenvalue weighted by atomic mass is 9.76. The minimum Gasteiger partial charge on any atom is -0.216 e. The Kier molecular flexibility index (Phi) is 2.99. The van der Waals surface area contributed by atoms with Crippen molar-refractivity contribution in [2.75, 3.05) is 0 Å². The molecule has 0 saturated heterocycles. The third kappa shape index (κ3) is 4.06. The smallest absolute Gasteiger partial charge is 0.216 e. The Labute approximate surface area is 80.1 Å². The van der Waals surface area contributed by atoms with E-state index in [0.717, 1.165) is 25.7 Å². The number of rotatable bonds is 2. The molecule has 78 valence electrons. The summed E-state index contributed by atoms with van der Waals surface area (Å²) in [6.07, 6.45) is 3.90. The summed E-state index contributed by atoms with van der Waals surface area (Å²) in [6, 6.07) is 0.0445. The van der Waals surface area contributed by atoms with Gasteiger partial charge in [-0.3, -0.25) is 0 Å². The van der Waals surface area contributed by atoms with E-state index in [2.05, 4.69) is 18.6 Å². The van der Waals surface area contributed by atoms with Crippen LogP contribution in [0, 0.1) is 5.41 Å². The summed E-state index contributed by atoms with van der Waals surface area (Å²) in [5.74, 6) is 0. The van der Waals surface area contributed by atoms with Crippen molar-refractivity contribution in [3.05, 3.63) is 0 Å². The molecule has 0 aromatic heterocycles. The first-order valence-electron chi connectivity index (χ1n) is 4.59. The minimum atomic E-state index is -3.51. The Balaban J connectivity index is 2.43. The molecule has 0 aromatic rings. The lowest BCUT2D eigenvalue weighted by molar-refractivity contribution is 0.218. The average molecular weight is 206 g/mol. The van der Waals surface area contributed by atoms with Gasteiger partial charge < -0.3 is 0 Å². The normalized spacial score (nSPS) is 24.5. The molecule has 1 rings (SSSR count). The van der Waals surface area contributed by atoms with Crippen LogP contribution in [-0.4, -0.2) is 14.5 Å². The molecule has 0 amide bonds. The van der Waals surface area contributed by atoms with Gasteiger partial charge in [-0.2, -0.15) is 13.1 Å². The molecule has 0 radical (unpaired) electrons. The Morgan fingerprint density at radius 3 is 2.15 bits per heavy atom. The van der Waals surface area contributed by atoms with Gasteiger partial charge in [0.15, 0.2) is 0 Å². The van der Waals surface area contributed by atoms with Crippen molar-refractivity contribution in [2.24, 2.45) is 10.6 Å². The van der Waals surface area contributed by atoms with Crippen LogP contribution in [0.3, 0.4) is 0 Å². The zero-order valence-corrected chi connectivity index (χ0v) is 9.02. The molecular weight excluding hydrogens is 188 g/mol. The Morgan fingerprint density at radius 2 is 1.77 bits per heavy atom. The summed E-state index contributed by atoms with van der Waals surface area (Å²) < 4.78 is 23.9. The number of hydrogen-bond donors (Lipinski definition) is 2. The van der Waals surface area contributed by atoms with Gasteiger partial charge in [-0.25, -0.2) is 5.14 Å². The Hall–Kier alpha value is -0.130. The van der Waals surface area contributed by atoms with Crippen LogP contribution >= 0.6 is 0 Å². The maximum absolute atomic E-state index is 10.7. The maximum Gasteiger partial charge on any atom is 0.274 e.